The summed E-state index contributed by atoms with van der Waals surface area (Å²) < 4.78 is 23.3. The molecule has 2 aromatic rings. The van der Waals surface area contributed by atoms with Gasteiger partial charge in [-0.15, -0.1) is 0 Å². The Morgan fingerprint density at radius 3 is 2.05 bits per heavy atom. The van der Waals surface area contributed by atoms with Crippen LogP contribution < -0.4 is 5.32 Å². The molecule has 0 unspecified atom stereocenters. The Kier molecular flexibility index (Phi) is 11.9. The maximum Gasteiger partial charge on any atom is 0.408 e. The van der Waals surface area contributed by atoms with Crippen molar-refractivity contribution in [1.29, 1.82) is 0 Å². The third kappa shape index (κ3) is 7.84. The number of esters is 3. The first-order chi connectivity index (χ1) is 26.0. The third-order valence-corrected chi connectivity index (χ3v) is 11.7. The fourth-order valence-electron chi connectivity index (χ4n) is 8.78. The topological polar surface area (TPSA) is 215 Å². The number of carbonyl (C=O) groups is 5. The highest BCUT2D eigenvalue weighted by Gasteiger charge is 2.70. The van der Waals surface area contributed by atoms with Crippen molar-refractivity contribution in [1.82, 2.24) is 5.32 Å². The van der Waals surface area contributed by atoms with Gasteiger partial charge < -0.3 is 44.7 Å². The van der Waals surface area contributed by atoms with Crippen molar-refractivity contribution in [3.8, 4) is 0 Å². The van der Waals surface area contributed by atoms with E-state index in [1.807, 2.05) is 0 Å². The number of rotatable bonds is 8. The molecule has 3 aliphatic carbocycles. The molecule has 0 aliphatic heterocycles. The van der Waals surface area contributed by atoms with Crippen LogP contribution in [0, 0.1) is 16.7 Å². The summed E-state index contributed by atoms with van der Waals surface area (Å²) in [7, 11) is 0. The zero-order valence-corrected chi connectivity index (χ0v) is 33.0. The van der Waals surface area contributed by atoms with Crippen LogP contribution in [0.25, 0.3) is 0 Å². The Balaban J connectivity index is 1.64. The van der Waals surface area contributed by atoms with E-state index in [0.717, 1.165) is 6.92 Å². The Bertz CT molecular complexity index is 1850. The standard InChI is InChI=1S/C42H53NO13/c1-22-27(54-37(50)33(47)31(24-15-11-9-12-16-24)43-38(51)56-39(3,4)5)21-42(52)35(55-36(49)25-17-13-10-14-18-25)30-26(53-23(2)44)19-20-28(45)41(30,8)34(48)32(46)29(22)40(42,6)7/h9-18,26-28,30-33,35,45-47,52H,19-21H2,1-8H3,(H,43,51)/t26-,27-,28-,30-,31-,32+,33+,35-,41+,42+/m0/s1. The summed E-state index contributed by atoms with van der Waals surface area (Å²) in [4.78, 5) is 68.0. The lowest BCUT2D eigenvalue weighted by Crippen LogP contribution is -2.73. The number of amides is 1. The predicted octanol–water partition coefficient (Wildman–Crippen LogP) is 3.88. The van der Waals surface area contributed by atoms with Gasteiger partial charge in [-0.2, -0.15) is 0 Å². The molecule has 1 amide bonds. The van der Waals surface area contributed by atoms with E-state index in [-0.39, 0.29) is 29.6 Å². The van der Waals surface area contributed by atoms with Crippen molar-refractivity contribution in [3.63, 3.8) is 0 Å². The number of ether oxygens (including phenoxy) is 4. The van der Waals surface area contributed by atoms with Gasteiger partial charge in [-0.05, 0) is 76.3 Å². The summed E-state index contributed by atoms with van der Waals surface area (Å²) in [5, 5.41) is 50.9. The van der Waals surface area contributed by atoms with Gasteiger partial charge in [0.15, 0.2) is 11.9 Å². The second-order valence-electron chi connectivity index (χ2n) is 16.8. The van der Waals surface area contributed by atoms with E-state index in [1.54, 1.807) is 83.1 Å². The molecule has 0 spiro atoms. The summed E-state index contributed by atoms with van der Waals surface area (Å²) in [6.45, 7) is 12.1. The van der Waals surface area contributed by atoms with Gasteiger partial charge in [-0.25, -0.2) is 14.4 Å². The Morgan fingerprint density at radius 2 is 1.48 bits per heavy atom. The van der Waals surface area contributed by atoms with Crippen LogP contribution in [-0.4, -0.2) is 98.0 Å². The molecule has 10 atom stereocenters. The Morgan fingerprint density at radius 1 is 0.893 bits per heavy atom. The van der Waals surface area contributed by atoms with Crippen molar-refractivity contribution in [2.45, 2.75) is 129 Å². The van der Waals surface area contributed by atoms with Gasteiger partial charge in [0.1, 0.15) is 35.6 Å². The molecule has 0 heterocycles. The molecule has 0 saturated heterocycles. The van der Waals surface area contributed by atoms with Crippen LogP contribution in [-0.2, 0) is 33.3 Å². The summed E-state index contributed by atoms with van der Waals surface area (Å²) in [6, 6.07) is 14.7. The second-order valence-corrected chi connectivity index (χ2v) is 16.8. The average Bonchev–Trinajstić information content (AvgIpc) is 3.12. The molecule has 5 rings (SSSR count). The molecule has 3 aliphatic rings. The highest BCUT2D eigenvalue weighted by molar-refractivity contribution is 5.94. The Hall–Kier alpha value is -4.63. The lowest BCUT2D eigenvalue weighted by atomic mass is 9.48. The average molecular weight is 780 g/mol. The Labute approximate surface area is 326 Å². The minimum Gasteiger partial charge on any atom is -0.462 e. The van der Waals surface area contributed by atoms with Gasteiger partial charge in [-0.1, -0.05) is 62.4 Å². The molecular formula is C42H53NO13. The monoisotopic (exact) mass is 779 g/mol. The van der Waals surface area contributed by atoms with Crippen LogP contribution in [0.2, 0.25) is 0 Å². The van der Waals surface area contributed by atoms with E-state index < -0.39 is 107 Å². The summed E-state index contributed by atoms with van der Waals surface area (Å²) >= 11 is 0. The number of alkyl carbamates (subject to hydrolysis) is 1. The number of aliphatic hydroxyl groups excluding tert-OH is 3. The van der Waals surface area contributed by atoms with Crippen LogP contribution >= 0.6 is 0 Å². The highest BCUT2D eigenvalue weighted by atomic mass is 16.6. The maximum absolute atomic E-state index is 14.7. The summed E-state index contributed by atoms with van der Waals surface area (Å²) in [6.07, 6.45) is -11.1. The molecule has 2 aromatic carbocycles. The molecule has 2 bridgehead atoms. The SMILES string of the molecule is CC(=O)O[C@H]1CC[C@H](O)[C@@]2(C)C(=O)[C@H](O)C3=C(C)[C@@H](OC(=O)[C@H](O)[C@@H](NC(=O)OC(C)(C)C)c4ccccc4)C[C@@](O)([C@@H](OC(=O)c4ccccc4)[C@H]12)C3(C)C. The van der Waals surface area contributed by atoms with Gasteiger partial charge in [0.25, 0.3) is 0 Å². The number of nitrogens with one attached hydrogen (secondary N) is 1. The molecular weight excluding hydrogens is 726 g/mol. The number of fused-ring (bicyclic) bond motifs is 3. The summed E-state index contributed by atoms with van der Waals surface area (Å²) in [5.41, 5.74) is -6.15. The summed E-state index contributed by atoms with van der Waals surface area (Å²) in [5.74, 6) is -5.14. The molecule has 14 heteroatoms. The molecule has 14 nitrogen and oxygen atoms in total. The first kappa shape index (κ1) is 42.5. The molecule has 5 N–H and O–H groups in total. The molecule has 304 valence electrons. The fourth-order valence-corrected chi connectivity index (χ4v) is 8.78. The molecule has 2 saturated carbocycles. The quantitative estimate of drug-likeness (QED) is 0.146. The van der Waals surface area contributed by atoms with E-state index in [4.69, 9.17) is 18.9 Å². The van der Waals surface area contributed by atoms with E-state index in [1.165, 1.54) is 26.0 Å². The van der Waals surface area contributed by atoms with E-state index in [2.05, 4.69) is 5.32 Å². The predicted molar refractivity (Wildman–Crippen MR) is 200 cm³/mol. The van der Waals surface area contributed by atoms with Gasteiger partial charge in [0.2, 0.25) is 0 Å². The number of ketones is 1. The van der Waals surface area contributed by atoms with Gasteiger partial charge in [0.05, 0.1) is 29.0 Å². The van der Waals surface area contributed by atoms with Crippen LogP contribution in [0.3, 0.4) is 0 Å². The van der Waals surface area contributed by atoms with Crippen molar-refractivity contribution in [2.75, 3.05) is 0 Å². The number of hydrogen-bond acceptors (Lipinski definition) is 13. The second kappa shape index (κ2) is 15.7. The minimum absolute atomic E-state index is 0.0132. The van der Waals surface area contributed by atoms with Crippen molar-refractivity contribution < 1.29 is 63.3 Å². The molecule has 2 fully saturated rings. The third-order valence-electron chi connectivity index (χ3n) is 11.7. The number of hydrogen-bond donors (Lipinski definition) is 5. The number of Topliss-reactive ketones (excluding diaryl/α,β-unsaturated/α-hetero) is 1. The van der Waals surface area contributed by atoms with Crippen LogP contribution in [0.1, 0.15) is 96.6 Å². The maximum atomic E-state index is 14.7. The smallest absolute Gasteiger partial charge is 0.408 e. The number of aliphatic hydroxyl groups is 4. The minimum atomic E-state index is -2.29. The normalized spacial score (nSPS) is 31.0. The van der Waals surface area contributed by atoms with Crippen LogP contribution in [0.4, 0.5) is 4.79 Å². The fraction of sp³-hybridized carbons (Fsp3) is 0.548. The van der Waals surface area contributed by atoms with E-state index >= 15 is 0 Å². The van der Waals surface area contributed by atoms with Crippen molar-refractivity contribution in [3.05, 3.63) is 82.9 Å². The van der Waals surface area contributed by atoms with Gasteiger partial charge >= 0.3 is 24.0 Å². The zero-order chi connectivity index (χ0) is 41.5. The molecule has 0 aromatic heterocycles. The van der Waals surface area contributed by atoms with Gasteiger partial charge in [-0.3, -0.25) is 9.59 Å². The highest BCUT2D eigenvalue weighted by Crippen LogP contribution is 2.60. The van der Waals surface area contributed by atoms with E-state index in [9.17, 15) is 44.4 Å². The first-order valence-corrected chi connectivity index (χ1v) is 18.7. The lowest BCUT2D eigenvalue weighted by Gasteiger charge is -2.61. The number of carbonyl (C=O) groups excluding carboxylic acids is 5. The molecule has 0 radical (unpaired) electrons. The lowest BCUT2D eigenvalue weighted by molar-refractivity contribution is -0.241. The van der Waals surface area contributed by atoms with Crippen molar-refractivity contribution >= 4 is 29.8 Å². The van der Waals surface area contributed by atoms with Crippen molar-refractivity contribution in [2.24, 2.45) is 16.7 Å². The largest absolute Gasteiger partial charge is 0.462 e. The van der Waals surface area contributed by atoms with E-state index in [0.29, 0.717) is 5.56 Å². The van der Waals surface area contributed by atoms with Crippen LogP contribution in [0.5, 0.6) is 0 Å². The first-order valence-electron chi connectivity index (χ1n) is 18.7. The van der Waals surface area contributed by atoms with Gasteiger partial charge in [0, 0.05) is 18.8 Å². The zero-order valence-electron chi connectivity index (χ0n) is 33.0. The molecule has 56 heavy (non-hydrogen) atoms. The van der Waals surface area contributed by atoms with Crippen LogP contribution in [0.15, 0.2) is 71.8 Å². The number of benzene rings is 2.